The standard InChI is InChI=1S/C27H33N3O2/c1-4-19(5-2)25-29-24-15-22(20-11-7-6-8-12-20)18(3)23-16-27(24,32-25)30(26(23)31)17-21-13-9-10-14-28-21/h6-14,18-19,22-23,25H,4-5,15-17H2,1-3H3/t18-,22+,23+,25-,27+/m1/s1. The van der Waals surface area contributed by atoms with Crippen LogP contribution in [0.4, 0.5) is 0 Å². The van der Waals surface area contributed by atoms with E-state index in [4.69, 9.17) is 9.73 Å². The molecule has 1 aromatic carbocycles. The molecule has 2 aromatic rings. The third-order valence-corrected chi connectivity index (χ3v) is 7.97. The van der Waals surface area contributed by atoms with Crippen LogP contribution in [-0.2, 0) is 16.1 Å². The van der Waals surface area contributed by atoms with Gasteiger partial charge in [-0.15, -0.1) is 0 Å². The highest BCUT2D eigenvalue weighted by Gasteiger charge is 2.62. The van der Waals surface area contributed by atoms with E-state index >= 15 is 0 Å². The molecular weight excluding hydrogens is 398 g/mol. The highest BCUT2D eigenvalue weighted by atomic mass is 16.6. The third-order valence-electron chi connectivity index (χ3n) is 7.97. The zero-order valence-electron chi connectivity index (χ0n) is 19.3. The lowest BCUT2D eigenvalue weighted by Gasteiger charge is -2.38. The number of hydrogen-bond donors (Lipinski definition) is 0. The van der Waals surface area contributed by atoms with Gasteiger partial charge in [0.1, 0.15) is 0 Å². The topological polar surface area (TPSA) is 54.8 Å². The minimum absolute atomic E-state index is 0.0722. The normalized spacial score (nSPS) is 31.6. The molecule has 2 aliphatic heterocycles. The molecule has 0 N–H and O–H groups in total. The second-order valence-electron chi connectivity index (χ2n) is 9.58. The summed E-state index contributed by atoms with van der Waals surface area (Å²) in [5.41, 5.74) is 2.51. The van der Waals surface area contributed by atoms with Gasteiger partial charge in [-0.3, -0.25) is 14.8 Å². The smallest absolute Gasteiger partial charge is 0.229 e. The van der Waals surface area contributed by atoms with Crippen LogP contribution >= 0.6 is 0 Å². The number of hydrogen-bond acceptors (Lipinski definition) is 4. The van der Waals surface area contributed by atoms with Crippen molar-refractivity contribution >= 4 is 11.6 Å². The zero-order valence-corrected chi connectivity index (χ0v) is 19.3. The summed E-state index contributed by atoms with van der Waals surface area (Å²) < 4.78 is 6.83. The molecule has 5 atom stereocenters. The molecule has 5 heteroatoms. The molecule has 1 spiro atoms. The molecule has 1 amide bonds. The third kappa shape index (κ3) is 3.38. The van der Waals surface area contributed by atoms with Gasteiger partial charge in [0, 0.05) is 24.5 Å². The van der Waals surface area contributed by atoms with Crippen molar-refractivity contribution in [3.63, 3.8) is 0 Å². The van der Waals surface area contributed by atoms with Gasteiger partial charge in [-0.25, -0.2) is 0 Å². The predicted octanol–water partition coefficient (Wildman–Crippen LogP) is 5.18. The van der Waals surface area contributed by atoms with E-state index in [1.807, 2.05) is 23.1 Å². The number of carbonyl (C=O) groups excluding carboxylic acids is 1. The zero-order chi connectivity index (χ0) is 22.3. The molecule has 0 radical (unpaired) electrons. The van der Waals surface area contributed by atoms with Crippen LogP contribution in [0.3, 0.4) is 0 Å². The van der Waals surface area contributed by atoms with Crippen molar-refractivity contribution in [2.45, 2.75) is 70.9 Å². The van der Waals surface area contributed by atoms with Crippen LogP contribution in [0.5, 0.6) is 0 Å². The molecule has 2 bridgehead atoms. The Labute approximate surface area is 190 Å². The van der Waals surface area contributed by atoms with Crippen molar-refractivity contribution in [2.24, 2.45) is 22.7 Å². The lowest BCUT2D eigenvalue weighted by molar-refractivity contribution is -0.154. The summed E-state index contributed by atoms with van der Waals surface area (Å²) in [6, 6.07) is 16.5. The summed E-state index contributed by atoms with van der Waals surface area (Å²) >= 11 is 0. The van der Waals surface area contributed by atoms with Crippen molar-refractivity contribution in [1.82, 2.24) is 9.88 Å². The SMILES string of the molecule is CCC(CC)[C@@H]1N=C2C[C@H](c3ccccc3)[C@@H](C)[C@@H]3C[C@@]2(O1)N(Cc1ccccn1)C3=O. The van der Waals surface area contributed by atoms with E-state index in [0.717, 1.165) is 30.7 Å². The molecular formula is C27H33N3O2. The van der Waals surface area contributed by atoms with E-state index in [9.17, 15) is 4.79 Å². The number of rotatable bonds is 6. The number of nitrogens with zero attached hydrogens (tertiary/aromatic N) is 3. The second-order valence-corrected chi connectivity index (χ2v) is 9.58. The molecule has 3 aliphatic rings. The molecule has 32 heavy (non-hydrogen) atoms. The average Bonchev–Trinajstić information content (AvgIpc) is 3.27. The van der Waals surface area contributed by atoms with Gasteiger partial charge in [-0.1, -0.05) is 57.2 Å². The molecule has 1 aromatic heterocycles. The molecule has 3 heterocycles. The Morgan fingerprint density at radius 3 is 2.53 bits per heavy atom. The monoisotopic (exact) mass is 431 g/mol. The van der Waals surface area contributed by atoms with E-state index in [-0.39, 0.29) is 29.9 Å². The van der Waals surface area contributed by atoms with Crippen molar-refractivity contribution in [2.75, 3.05) is 0 Å². The molecule has 168 valence electrons. The second kappa shape index (κ2) is 8.43. The van der Waals surface area contributed by atoms with Crippen LogP contribution in [0, 0.1) is 17.8 Å². The number of ether oxygens (including phenoxy) is 1. The first-order valence-corrected chi connectivity index (χ1v) is 12.1. The fourth-order valence-corrected chi connectivity index (χ4v) is 5.98. The molecule has 5 rings (SSSR count). The Bertz CT molecular complexity index is 988. The summed E-state index contributed by atoms with van der Waals surface area (Å²) in [5.74, 6) is 0.965. The molecule has 0 unspecified atom stereocenters. The van der Waals surface area contributed by atoms with Gasteiger partial charge >= 0.3 is 0 Å². The summed E-state index contributed by atoms with van der Waals surface area (Å²) in [5, 5.41) is 0. The van der Waals surface area contributed by atoms with Crippen LogP contribution in [0.25, 0.3) is 0 Å². The number of benzene rings is 1. The Balaban J connectivity index is 1.57. The van der Waals surface area contributed by atoms with Gasteiger partial charge in [-0.05, 0) is 48.8 Å². The fraction of sp³-hybridized carbons (Fsp3) is 0.519. The minimum atomic E-state index is -0.732. The molecule has 1 saturated heterocycles. The maximum Gasteiger partial charge on any atom is 0.229 e. The Morgan fingerprint density at radius 1 is 1.09 bits per heavy atom. The van der Waals surface area contributed by atoms with Crippen LogP contribution in [-0.4, -0.2) is 33.5 Å². The first kappa shape index (κ1) is 21.3. The predicted molar refractivity (Wildman–Crippen MR) is 125 cm³/mol. The first-order chi connectivity index (χ1) is 15.6. The highest BCUT2D eigenvalue weighted by molar-refractivity contribution is 6.01. The molecule has 5 nitrogen and oxygen atoms in total. The first-order valence-electron chi connectivity index (χ1n) is 12.1. The van der Waals surface area contributed by atoms with Crippen molar-refractivity contribution in [1.29, 1.82) is 0 Å². The van der Waals surface area contributed by atoms with Gasteiger partial charge in [0.05, 0.1) is 18.0 Å². The maximum absolute atomic E-state index is 13.8. The van der Waals surface area contributed by atoms with E-state index in [0.29, 0.717) is 18.9 Å². The number of aliphatic imine (C=N–C) groups is 1. The number of likely N-dealkylation sites (tertiary alicyclic amines) is 1. The minimum Gasteiger partial charge on any atom is -0.325 e. The summed E-state index contributed by atoms with van der Waals surface area (Å²) in [6.45, 7) is 7.10. The van der Waals surface area contributed by atoms with Gasteiger partial charge in [0.2, 0.25) is 5.91 Å². The Hall–Kier alpha value is -2.53. The van der Waals surface area contributed by atoms with Crippen LogP contribution < -0.4 is 0 Å². The molecule has 1 saturated carbocycles. The lowest BCUT2D eigenvalue weighted by Crippen LogP contribution is -2.52. The highest BCUT2D eigenvalue weighted by Crippen LogP contribution is 2.53. The van der Waals surface area contributed by atoms with E-state index in [1.165, 1.54) is 5.56 Å². The van der Waals surface area contributed by atoms with Crippen LogP contribution in [0.1, 0.15) is 63.6 Å². The Morgan fingerprint density at radius 2 is 1.84 bits per heavy atom. The van der Waals surface area contributed by atoms with Crippen molar-refractivity contribution in [3.05, 3.63) is 66.0 Å². The summed E-state index contributed by atoms with van der Waals surface area (Å²) in [4.78, 5) is 25.5. The molecule has 1 aliphatic carbocycles. The van der Waals surface area contributed by atoms with E-state index in [2.05, 4.69) is 56.1 Å². The van der Waals surface area contributed by atoms with E-state index in [1.54, 1.807) is 6.20 Å². The van der Waals surface area contributed by atoms with E-state index < -0.39 is 5.72 Å². The summed E-state index contributed by atoms with van der Waals surface area (Å²) in [6.07, 6.45) is 5.18. The van der Waals surface area contributed by atoms with Gasteiger partial charge in [-0.2, -0.15) is 0 Å². The van der Waals surface area contributed by atoms with Gasteiger partial charge < -0.3 is 9.64 Å². The lowest BCUT2D eigenvalue weighted by atomic mass is 9.78. The summed E-state index contributed by atoms with van der Waals surface area (Å²) in [7, 11) is 0. The molecule has 2 fully saturated rings. The number of pyridine rings is 1. The maximum atomic E-state index is 13.8. The van der Waals surface area contributed by atoms with Crippen molar-refractivity contribution in [3.8, 4) is 0 Å². The van der Waals surface area contributed by atoms with Crippen LogP contribution in [0.15, 0.2) is 59.7 Å². The van der Waals surface area contributed by atoms with Gasteiger partial charge in [0.15, 0.2) is 12.0 Å². The van der Waals surface area contributed by atoms with Crippen LogP contribution in [0.2, 0.25) is 0 Å². The number of fused-ring (bicyclic) bond motifs is 1. The quantitative estimate of drug-likeness (QED) is 0.633. The fourth-order valence-electron chi connectivity index (χ4n) is 5.98. The number of amides is 1. The average molecular weight is 432 g/mol. The van der Waals surface area contributed by atoms with Gasteiger partial charge in [0.25, 0.3) is 0 Å². The number of carbonyl (C=O) groups is 1. The number of aromatic nitrogens is 1. The Kier molecular flexibility index (Phi) is 5.62. The largest absolute Gasteiger partial charge is 0.325 e. The van der Waals surface area contributed by atoms with Crippen molar-refractivity contribution < 1.29 is 9.53 Å².